The third-order valence-corrected chi connectivity index (χ3v) is 2.57. The second-order valence-electron chi connectivity index (χ2n) is 4.16. The number of amides is 1. The van der Waals surface area contributed by atoms with Crippen LogP contribution in [0.4, 0.5) is 8.78 Å². The maximum atomic E-state index is 13.0. The Bertz CT molecular complexity index is 457. The summed E-state index contributed by atoms with van der Waals surface area (Å²) in [4.78, 5) is 22.7. The Kier molecular flexibility index (Phi) is 5.41. The second-order valence-corrected chi connectivity index (χ2v) is 4.16. The number of hydrogen-bond donors (Lipinski definition) is 2. The molecule has 0 saturated carbocycles. The van der Waals surface area contributed by atoms with Gasteiger partial charge in [-0.1, -0.05) is 19.8 Å². The van der Waals surface area contributed by atoms with Gasteiger partial charge in [0.25, 0.3) is 5.91 Å². The van der Waals surface area contributed by atoms with Crippen LogP contribution in [0.25, 0.3) is 0 Å². The van der Waals surface area contributed by atoms with Crippen LogP contribution < -0.4 is 5.32 Å². The maximum absolute atomic E-state index is 13.0. The van der Waals surface area contributed by atoms with Crippen molar-refractivity contribution in [1.29, 1.82) is 0 Å². The van der Waals surface area contributed by atoms with Crippen LogP contribution in [0.5, 0.6) is 0 Å². The molecular weight excluding hydrogens is 256 g/mol. The van der Waals surface area contributed by atoms with Crippen molar-refractivity contribution in [3.05, 3.63) is 35.4 Å². The zero-order valence-corrected chi connectivity index (χ0v) is 10.5. The molecule has 0 aromatic heterocycles. The number of carboxylic acids is 1. The summed E-state index contributed by atoms with van der Waals surface area (Å²) in [5.41, 5.74) is -0.236. The average Bonchev–Trinajstić information content (AvgIpc) is 2.32. The predicted octanol–water partition coefficient (Wildman–Crippen LogP) is 2.34. The fourth-order valence-electron chi connectivity index (χ4n) is 1.59. The molecule has 1 aromatic rings. The fourth-order valence-corrected chi connectivity index (χ4v) is 1.59. The van der Waals surface area contributed by atoms with Crippen LogP contribution in [0.15, 0.2) is 18.2 Å². The van der Waals surface area contributed by atoms with Crippen LogP contribution in [-0.2, 0) is 4.79 Å². The molecule has 0 bridgehead atoms. The summed E-state index contributed by atoms with van der Waals surface area (Å²) >= 11 is 0. The van der Waals surface area contributed by atoms with Gasteiger partial charge in [0.1, 0.15) is 17.7 Å². The number of carboxylic acid groups (broad SMARTS) is 1. The summed E-state index contributed by atoms with van der Waals surface area (Å²) in [5.74, 6) is -3.74. The Balaban J connectivity index is 2.78. The topological polar surface area (TPSA) is 66.4 Å². The Morgan fingerprint density at radius 1 is 1.26 bits per heavy atom. The number of benzene rings is 1. The van der Waals surface area contributed by atoms with E-state index in [0.29, 0.717) is 12.5 Å². The van der Waals surface area contributed by atoms with Crippen molar-refractivity contribution in [3.63, 3.8) is 0 Å². The molecule has 2 N–H and O–H groups in total. The van der Waals surface area contributed by atoms with Gasteiger partial charge in [-0.2, -0.15) is 0 Å². The second kappa shape index (κ2) is 6.82. The minimum atomic E-state index is -1.17. The molecule has 0 spiro atoms. The van der Waals surface area contributed by atoms with Crippen molar-refractivity contribution in [2.24, 2.45) is 0 Å². The number of nitrogens with one attached hydrogen (secondary N) is 1. The molecule has 0 unspecified atom stereocenters. The quantitative estimate of drug-likeness (QED) is 0.834. The van der Waals surface area contributed by atoms with Gasteiger partial charge in [0.05, 0.1) is 0 Å². The molecular formula is C13H15F2NO3. The van der Waals surface area contributed by atoms with Gasteiger partial charge < -0.3 is 10.4 Å². The standard InChI is InChI=1S/C13H15F2NO3/c1-2-3-4-11(13(18)19)16-12(17)8-5-9(14)7-10(15)6-8/h5-7,11H,2-4H2,1H3,(H,16,17)(H,18,19)/t11-/m1/s1. The molecule has 1 aromatic carbocycles. The molecule has 0 fully saturated rings. The summed E-state index contributed by atoms with van der Waals surface area (Å²) in [6.45, 7) is 1.89. The molecule has 0 saturated heterocycles. The van der Waals surface area contributed by atoms with Crippen molar-refractivity contribution in [1.82, 2.24) is 5.32 Å². The molecule has 1 rings (SSSR count). The summed E-state index contributed by atoms with van der Waals surface area (Å²) < 4.78 is 25.9. The van der Waals surface area contributed by atoms with Crippen molar-refractivity contribution in [2.45, 2.75) is 32.2 Å². The largest absolute Gasteiger partial charge is 0.480 e. The molecule has 1 amide bonds. The van der Waals surface area contributed by atoms with E-state index in [1.54, 1.807) is 0 Å². The average molecular weight is 271 g/mol. The van der Waals surface area contributed by atoms with Gasteiger partial charge in [-0.25, -0.2) is 13.6 Å². The highest BCUT2D eigenvalue weighted by Gasteiger charge is 2.20. The SMILES string of the molecule is CCCC[C@@H](NC(=O)c1cc(F)cc(F)c1)C(=O)O. The summed E-state index contributed by atoms with van der Waals surface area (Å²) in [5, 5.41) is 11.2. The van der Waals surface area contributed by atoms with Gasteiger partial charge in [0.15, 0.2) is 0 Å². The van der Waals surface area contributed by atoms with E-state index in [1.807, 2.05) is 6.92 Å². The summed E-state index contributed by atoms with van der Waals surface area (Å²) in [6, 6.07) is 1.30. The zero-order chi connectivity index (χ0) is 14.4. The van der Waals surface area contributed by atoms with Gasteiger partial charge in [0, 0.05) is 11.6 Å². The van der Waals surface area contributed by atoms with Gasteiger partial charge in [-0.15, -0.1) is 0 Å². The maximum Gasteiger partial charge on any atom is 0.326 e. The molecule has 0 aliphatic carbocycles. The van der Waals surface area contributed by atoms with E-state index in [2.05, 4.69) is 5.32 Å². The van der Waals surface area contributed by atoms with Crippen molar-refractivity contribution in [2.75, 3.05) is 0 Å². The predicted molar refractivity (Wildman–Crippen MR) is 64.8 cm³/mol. The number of unbranched alkanes of at least 4 members (excludes halogenated alkanes) is 1. The third kappa shape index (κ3) is 4.65. The lowest BCUT2D eigenvalue weighted by molar-refractivity contribution is -0.139. The Morgan fingerprint density at radius 2 is 1.84 bits per heavy atom. The first kappa shape index (κ1) is 15.1. The van der Waals surface area contributed by atoms with E-state index < -0.39 is 29.6 Å². The third-order valence-electron chi connectivity index (χ3n) is 2.57. The highest BCUT2D eigenvalue weighted by atomic mass is 19.1. The fraction of sp³-hybridized carbons (Fsp3) is 0.385. The first-order valence-corrected chi connectivity index (χ1v) is 5.93. The number of hydrogen-bond acceptors (Lipinski definition) is 2. The molecule has 19 heavy (non-hydrogen) atoms. The molecule has 0 heterocycles. The molecule has 0 aliphatic rings. The molecule has 4 nitrogen and oxygen atoms in total. The number of halogens is 2. The van der Waals surface area contributed by atoms with Crippen molar-refractivity contribution < 1.29 is 23.5 Å². The van der Waals surface area contributed by atoms with Crippen LogP contribution in [0.1, 0.15) is 36.5 Å². The van der Waals surface area contributed by atoms with Crippen LogP contribution >= 0.6 is 0 Å². The zero-order valence-electron chi connectivity index (χ0n) is 10.5. The molecule has 0 radical (unpaired) electrons. The monoisotopic (exact) mass is 271 g/mol. The number of rotatable bonds is 6. The summed E-state index contributed by atoms with van der Waals surface area (Å²) in [7, 11) is 0. The smallest absolute Gasteiger partial charge is 0.326 e. The molecule has 6 heteroatoms. The minimum absolute atomic E-state index is 0.236. The number of carbonyl (C=O) groups is 2. The van der Waals surface area contributed by atoms with Crippen LogP contribution in [0, 0.1) is 11.6 Å². The molecule has 104 valence electrons. The van der Waals surface area contributed by atoms with Gasteiger partial charge in [-0.05, 0) is 18.6 Å². The lowest BCUT2D eigenvalue weighted by Crippen LogP contribution is -2.40. The Hall–Kier alpha value is -1.98. The molecule has 0 aliphatic heterocycles. The Labute approximate surface area is 109 Å². The van der Waals surface area contributed by atoms with Crippen LogP contribution in [0.3, 0.4) is 0 Å². The van der Waals surface area contributed by atoms with E-state index in [9.17, 15) is 18.4 Å². The lowest BCUT2D eigenvalue weighted by Gasteiger charge is -2.14. The minimum Gasteiger partial charge on any atom is -0.480 e. The molecule has 1 atom stereocenters. The van der Waals surface area contributed by atoms with Crippen LogP contribution in [0.2, 0.25) is 0 Å². The Morgan fingerprint density at radius 3 is 2.32 bits per heavy atom. The number of carbonyl (C=O) groups excluding carboxylic acids is 1. The summed E-state index contributed by atoms with van der Waals surface area (Å²) in [6.07, 6.45) is 1.69. The normalized spacial score (nSPS) is 11.9. The van der Waals surface area contributed by atoms with E-state index in [4.69, 9.17) is 5.11 Å². The van der Waals surface area contributed by atoms with Crippen LogP contribution in [-0.4, -0.2) is 23.0 Å². The van der Waals surface area contributed by atoms with Gasteiger partial charge >= 0.3 is 5.97 Å². The van der Waals surface area contributed by atoms with Gasteiger partial charge in [-0.3, -0.25) is 4.79 Å². The highest BCUT2D eigenvalue weighted by molar-refractivity contribution is 5.96. The van der Waals surface area contributed by atoms with E-state index in [-0.39, 0.29) is 12.0 Å². The van der Waals surface area contributed by atoms with E-state index in [0.717, 1.165) is 18.6 Å². The first-order chi connectivity index (χ1) is 8.93. The van der Waals surface area contributed by atoms with Gasteiger partial charge in [0.2, 0.25) is 0 Å². The lowest BCUT2D eigenvalue weighted by atomic mass is 10.1. The van der Waals surface area contributed by atoms with E-state index in [1.165, 1.54) is 0 Å². The van der Waals surface area contributed by atoms with Crippen molar-refractivity contribution in [3.8, 4) is 0 Å². The highest BCUT2D eigenvalue weighted by Crippen LogP contribution is 2.09. The van der Waals surface area contributed by atoms with Crippen molar-refractivity contribution >= 4 is 11.9 Å². The van der Waals surface area contributed by atoms with E-state index >= 15 is 0 Å². The first-order valence-electron chi connectivity index (χ1n) is 5.93. The number of aliphatic carboxylic acids is 1.